The first kappa shape index (κ1) is 21.4. The van der Waals surface area contributed by atoms with E-state index in [1.165, 1.54) is 12.1 Å². The number of fused-ring (bicyclic) bond motifs is 1. The van der Waals surface area contributed by atoms with Crippen LogP contribution in [0.2, 0.25) is 0 Å². The van der Waals surface area contributed by atoms with Gasteiger partial charge in [-0.05, 0) is 43.9 Å². The minimum absolute atomic E-state index is 0.146. The van der Waals surface area contributed by atoms with Crippen LogP contribution in [0.5, 0.6) is 11.6 Å². The number of carbonyl (C=O) groups excluding carboxylic acids is 1. The second kappa shape index (κ2) is 7.53. The first-order valence-corrected chi connectivity index (χ1v) is 10.2. The molecule has 1 aliphatic carbocycles. The molecule has 6 nitrogen and oxygen atoms in total. The van der Waals surface area contributed by atoms with Crippen LogP contribution in [-0.2, 0) is 12.8 Å². The second-order valence-electron chi connectivity index (χ2n) is 8.16. The number of rotatable bonds is 5. The van der Waals surface area contributed by atoms with E-state index >= 15 is 4.39 Å². The average Bonchev–Trinajstić information content (AvgIpc) is 3.44. The number of carbonyl (C=O) groups is 1. The van der Waals surface area contributed by atoms with Crippen LogP contribution in [-0.4, -0.2) is 31.9 Å². The maximum atomic E-state index is 15.0. The summed E-state index contributed by atoms with van der Waals surface area (Å²) in [5.41, 5.74) is -0.170. The van der Waals surface area contributed by atoms with E-state index in [0.717, 1.165) is 18.9 Å². The van der Waals surface area contributed by atoms with Crippen LogP contribution >= 0.6 is 0 Å². The molecule has 2 aromatic heterocycles. The number of aromatic nitrogens is 3. The van der Waals surface area contributed by atoms with Crippen molar-refractivity contribution in [2.75, 3.05) is 6.54 Å². The van der Waals surface area contributed by atoms with E-state index in [4.69, 9.17) is 4.74 Å². The molecular formula is C22H17F5N4O2. The molecule has 172 valence electrons. The molecule has 0 atom stereocenters. The van der Waals surface area contributed by atoms with Crippen LogP contribution in [0, 0.1) is 24.5 Å². The summed E-state index contributed by atoms with van der Waals surface area (Å²) in [6.45, 7) is 2.59. The lowest BCUT2D eigenvalue weighted by Gasteiger charge is -2.16. The van der Waals surface area contributed by atoms with Crippen molar-refractivity contribution in [3.05, 3.63) is 59.2 Å². The Morgan fingerprint density at radius 2 is 1.91 bits per heavy atom. The fraction of sp³-hybridized carbons (Fsp3) is 0.318. The fourth-order valence-electron chi connectivity index (χ4n) is 3.86. The van der Waals surface area contributed by atoms with Crippen molar-refractivity contribution in [2.45, 2.75) is 32.6 Å². The second-order valence-corrected chi connectivity index (χ2v) is 8.16. The van der Waals surface area contributed by atoms with E-state index in [1.54, 1.807) is 16.4 Å². The average molecular weight is 464 g/mol. The van der Waals surface area contributed by atoms with Crippen molar-refractivity contribution >= 4 is 5.91 Å². The lowest BCUT2D eigenvalue weighted by molar-refractivity contribution is -0.138. The minimum Gasteiger partial charge on any atom is -0.436 e. The third kappa shape index (κ3) is 3.91. The van der Waals surface area contributed by atoms with Crippen molar-refractivity contribution in [3.8, 4) is 22.9 Å². The highest BCUT2D eigenvalue weighted by Crippen LogP contribution is 2.36. The molecular weight excluding hydrogens is 447 g/mol. The van der Waals surface area contributed by atoms with Crippen LogP contribution in [0.4, 0.5) is 22.0 Å². The zero-order chi connectivity index (χ0) is 23.5. The first-order valence-electron chi connectivity index (χ1n) is 10.2. The molecule has 0 N–H and O–H groups in total. The van der Waals surface area contributed by atoms with Crippen LogP contribution in [0.15, 0.2) is 30.5 Å². The third-order valence-corrected chi connectivity index (χ3v) is 5.65. The standard InChI is InChI=1S/C22H17F5N4O2/c1-11-18(31-10-30(9-12-2-3-12)21(32)19(31)29-11)15-5-4-14(7-16(15)23)33-20-17(24)6-13(8-28-20)22(25,26)27/h4-8,12H,2-3,9-10H2,1H3. The topological polar surface area (TPSA) is 60.2 Å². The highest BCUT2D eigenvalue weighted by Gasteiger charge is 2.36. The predicted molar refractivity (Wildman–Crippen MR) is 105 cm³/mol. The maximum absolute atomic E-state index is 15.0. The molecule has 1 fully saturated rings. The Labute approximate surface area is 184 Å². The molecule has 2 aliphatic rings. The monoisotopic (exact) mass is 464 g/mol. The Bertz CT molecular complexity index is 1270. The summed E-state index contributed by atoms with van der Waals surface area (Å²) < 4.78 is 73.9. The summed E-state index contributed by atoms with van der Waals surface area (Å²) in [6, 6.07) is 3.97. The summed E-state index contributed by atoms with van der Waals surface area (Å²) in [6.07, 6.45) is -2.14. The van der Waals surface area contributed by atoms with Crippen LogP contribution in [0.25, 0.3) is 11.3 Å². The number of hydrogen-bond acceptors (Lipinski definition) is 4. The molecule has 3 aromatic rings. The molecule has 1 aromatic carbocycles. The summed E-state index contributed by atoms with van der Waals surface area (Å²) >= 11 is 0. The number of halogens is 5. The maximum Gasteiger partial charge on any atom is 0.417 e. The number of pyridine rings is 1. The SMILES string of the molecule is Cc1nc2n(c1-c1ccc(Oc3ncc(C(F)(F)F)cc3F)cc1F)CN(CC1CC1)C2=O. The third-order valence-electron chi connectivity index (χ3n) is 5.65. The number of alkyl halides is 3. The number of amides is 1. The molecule has 0 bridgehead atoms. The van der Waals surface area contributed by atoms with Gasteiger partial charge in [-0.25, -0.2) is 18.7 Å². The summed E-state index contributed by atoms with van der Waals surface area (Å²) in [5, 5.41) is 0. The molecule has 11 heteroatoms. The summed E-state index contributed by atoms with van der Waals surface area (Å²) in [7, 11) is 0. The fourth-order valence-corrected chi connectivity index (χ4v) is 3.86. The molecule has 33 heavy (non-hydrogen) atoms. The van der Waals surface area contributed by atoms with Crippen LogP contribution in [0.3, 0.4) is 0 Å². The number of nitrogens with zero attached hydrogens (tertiary/aromatic N) is 4. The van der Waals surface area contributed by atoms with E-state index in [-0.39, 0.29) is 35.8 Å². The van der Waals surface area contributed by atoms with Gasteiger partial charge < -0.3 is 14.2 Å². The van der Waals surface area contributed by atoms with E-state index in [9.17, 15) is 22.4 Å². The number of benzene rings is 1. The van der Waals surface area contributed by atoms with Gasteiger partial charge in [0, 0.05) is 24.4 Å². The lowest BCUT2D eigenvalue weighted by Crippen LogP contribution is -2.27. The number of aryl methyl sites for hydroxylation is 1. The van der Waals surface area contributed by atoms with E-state index in [1.807, 2.05) is 0 Å². The van der Waals surface area contributed by atoms with Gasteiger partial charge in [0.2, 0.25) is 5.82 Å². The number of hydrogen-bond donors (Lipinski definition) is 0. The highest BCUT2D eigenvalue weighted by molar-refractivity contribution is 5.94. The quantitative estimate of drug-likeness (QED) is 0.489. The minimum atomic E-state index is -4.75. The van der Waals surface area contributed by atoms with Crippen molar-refractivity contribution < 1.29 is 31.5 Å². The molecule has 0 spiro atoms. The van der Waals surface area contributed by atoms with Gasteiger partial charge in [0.05, 0.1) is 23.6 Å². The molecule has 0 unspecified atom stereocenters. The van der Waals surface area contributed by atoms with Crippen molar-refractivity contribution in [1.29, 1.82) is 0 Å². The Kier molecular flexibility index (Phi) is 4.87. The van der Waals surface area contributed by atoms with Gasteiger partial charge in [0.25, 0.3) is 11.8 Å². The molecule has 0 radical (unpaired) electrons. The van der Waals surface area contributed by atoms with Crippen molar-refractivity contribution in [3.63, 3.8) is 0 Å². The van der Waals surface area contributed by atoms with E-state index < -0.39 is 29.3 Å². The zero-order valence-electron chi connectivity index (χ0n) is 17.3. The van der Waals surface area contributed by atoms with Gasteiger partial charge in [0.1, 0.15) is 11.6 Å². The summed E-state index contributed by atoms with van der Waals surface area (Å²) in [4.78, 5) is 22.0. The van der Waals surface area contributed by atoms with Crippen LogP contribution < -0.4 is 4.74 Å². The van der Waals surface area contributed by atoms with Gasteiger partial charge in [-0.2, -0.15) is 13.2 Å². The Hall–Kier alpha value is -3.50. The van der Waals surface area contributed by atoms with Gasteiger partial charge in [-0.1, -0.05) is 0 Å². The van der Waals surface area contributed by atoms with E-state index in [2.05, 4.69) is 9.97 Å². The lowest BCUT2D eigenvalue weighted by atomic mass is 10.1. The predicted octanol–water partition coefficient (Wildman–Crippen LogP) is 5.17. The Morgan fingerprint density at radius 1 is 1.15 bits per heavy atom. The normalized spacial score (nSPS) is 15.8. The Morgan fingerprint density at radius 3 is 2.55 bits per heavy atom. The highest BCUT2D eigenvalue weighted by atomic mass is 19.4. The molecule has 1 aliphatic heterocycles. The first-order chi connectivity index (χ1) is 15.6. The smallest absolute Gasteiger partial charge is 0.417 e. The molecule has 1 amide bonds. The Balaban J connectivity index is 1.41. The van der Waals surface area contributed by atoms with Crippen molar-refractivity contribution in [1.82, 2.24) is 19.4 Å². The van der Waals surface area contributed by atoms with E-state index in [0.29, 0.717) is 30.0 Å². The molecule has 0 saturated heterocycles. The molecule has 3 heterocycles. The van der Waals surface area contributed by atoms with Gasteiger partial charge in [-0.3, -0.25) is 4.79 Å². The van der Waals surface area contributed by atoms with Gasteiger partial charge in [0.15, 0.2) is 5.82 Å². The van der Waals surface area contributed by atoms with Crippen molar-refractivity contribution in [2.24, 2.45) is 5.92 Å². The molecule has 5 rings (SSSR count). The number of imidazole rings is 1. The summed E-state index contributed by atoms with van der Waals surface area (Å²) in [5.74, 6) is -2.35. The van der Waals surface area contributed by atoms with Crippen LogP contribution in [0.1, 0.15) is 34.7 Å². The number of ether oxygens (including phenoxy) is 1. The zero-order valence-corrected chi connectivity index (χ0v) is 17.3. The largest absolute Gasteiger partial charge is 0.436 e. The van der Waals surface area contributed by atoms with Gasteiger partial charge in [-0.15, -0.1) is 0 Å². The molecule has 1 saturated carbocycles. The van der Waals surface area contributed by atoms with Gasteiger partial charge >= 0.3 is 6.18 Å².